The van der Waals surface area contributed by atoms with Crippen molar-refractivity contribution in [1.29, 1.82) is 0 Å². The van der Waals surface area contributed by atoms with E-state index in [-0.39, 0.29) is 12.5 Å². The normalized spacial score (nSPS) is 9.84. The van der Waals surface area contributed by atoms with E-state index in [4.69, 9.17) is 0 Å². The Morgan fingerprint density at radius 2 is 2.16 bits per heavy atom. The van der Waals surface area contributed by atoms with E-state index in [1.807, 2.05) is 13.8 Å². The molecule has 0 saturated heterocycles. The van der Waals surface area contributed by atoms with Crippen molar-refractivity contribution in [2.24, 2.45) is 0 Å². The third-order valence-electron chi connectivity index (χ3n) is 2.58. The molecule has 1 aromatic heterocycles. The van der Waals surface area contributed by atoms with Gasteiger partial charge in [-0.2, -0.15) is 0 Å². The van der Waals surface area contributed by atoms with Crippen molar-refractivity contribution in [3.05, 3.63) is 23.9 Å². The highest BCUT2D eigenvalue weighted by molar-refractivity contribution is 5.90. The SMILES string of the molecule is CCNC(=O)CN(CC)c1cc(C(=O)OC)ccn1. The van der Waals surface area contributed by atoms with Crippen LogP contribution < -0.4 is 10.2 Å². The first kappa shape index (κ1) is 14.9. The van der Waals surface area contributed by atoms with Gasteiger partial charge in [0.25, 0.3) is 0 Å². The van der Waals surface area contributed by atoms with E-state index in [0.29, 0.717) is 24.5 Å². The number of carbonyl (C=O) groups is 2. The molecule has 6 heteroatoms. The van der Waals surface area contributed by atoms with Crippen LogP contribution in [-0.4, -0.2) is 43.6 Å². The van der Waals surface area contributed by atoms with E-state index in [9.17, 15) is 9.59 Å². The van der Waals surface area contributed by atoms with E-state index in [1.165, 1.54) is 13.3 Å². The van der Waals surface area contributed by atoms with Crippen molar-refractivity contribution in [2.45, 2.75) is 13.8 Å². The summed E-state index contributed by atoms with van der Waals surface area (Å²) in [5.41, 5.74) is 0.418. The molecule has 0 unspecified atom stereocenters. The lowest BCUT2D eigenvalue weighted by molar-refractivity contribution is -0.119. The predicted molar refractivity (Wildman–Crippen MR) is 72.1 cm³/mol. The molecule has 0 radical (unpaired) electrons. The molecule has 1 N–H and O–H groups in total. The lowest BCUT2D eigenvalue weighted by atomic mass is 10.2. The van der Waals surface area contributed by atoms with Crippen molar-refractivity contribution in [1.82, 2.24) is 10.3 Å². The largest absolute Gasteiger partial charge is 0.465 e. The second-order valence-corrected chi connectivity index (χ2v) is 3.86. The molecule has 1 amide bonds. The minimum atomic E-state index is -0.419. The number of pyridine rings is 1. The molecular weight excluding hydrogens is 246 g/mol. The number of nitrogens with one attached hydrogen (secondary N) is 1. The van der Waals surface area contributed by atoms with Gasteiger partial charge in [0.05, 0.1) is 19.2 Å². The summed E-state index contributed by atoms with van der Waals surface area (Å²) in [6, 6.07) is 3.20. The molecule has 104 valence electrons. The fraction of sp³-hybridized carbons (Fsp3) is 0.462. The van der Waals surface area contributed by atoms with Crippen molar-refractivity contribution in [3.63, 3.8) is 0 Å². The molecule has 0 aliphatic carbocycles. The zero-order valence-corrected chi connectivity index (χ0v) is 11.5. The first-order valence-corrected chi connectivity index (χ1v) is 6.18. The Hall–Kier alpha value is -2.11. The molecule has 0 fully saturated rings. The fourth-order valence-corrected chi connectivity index (χ4v) is 1.62. The van der Waals surface area contributed by atoms with Crippen molar-refractivity contribution in [3.8, 4) is 0 Å². The average molecular weight is 265 g/mol. The maximum atomic E-state index is 11.6. The Morgan fingerprint density at radius 1 is 1.42 bits per heavy atom. The lowest BCUT2D eigenvalue weighted by Gasteiger charge is -2.21. The molecule has 1 heterocycles. The van der Waals surface area contributed by atoms with Gasteiger partial charge in [0.2, 0.25) is 5.91 Å². The zero-order valence-electron chi connectivity index (χ0n) is 11.5. The average Bonchev–Trinajstić information content (AvgIpc) is 2.44. The topological polar surface area (TPSA) is 71.5 Å². The summed E-state index contributed by atoms with van der Waals surface area (Å²) in [4.78, 5) is 29.0. The Kier molecular flexibility index (Phi) is 5.78. The molecule has 6 nitrogen and oxygen atoms in total. The Bertz CT molecular complexity index is 449. The molecule has 0 aromatic carbocycles. The van der Waals surface area contributed by atoms with Crippen LogP contribution in [0.3, 0.4) is 0 Å². The zero-order chi connectivity index (χ0) is 14.3. The van der Waals surface area contributed by atoms with Gasteiger partial charge in [-0.3, -0.25) is 4.79 Å². The summed E-state index contributed by atoms with van der Waals surface area (Å²) in [6.07, 6.45) is 1.53. The molecule has 0 bridgehead atoms. The maximum Gasteiger partial charge on any atom is 0.338 e. The summed E-state index contributed by atoms with van der Waals surface area (Å²) in [5.74, 6) is 0.0870. The maximum absolute atomic E-state index is 11.6. The predicted octanol–water partition coefficient (Wildman–Crippen LogP) is 0.831. The smallest absolute Gasteiger partial charge is 0.338 e. The highest BCUT2D eigenvalue weighted by Gasteiger charge is 2.13. The number of ether oxygens (including phenoxy) is 1. The highest BCUT2D eigenvalue weighted by atomic mass is 16.5. The number of anilines is 1. The summed E-state index contributed by atoms with van der Waals surface area (Å²) in [7, 11) is 1.33. The van der Waals surface area contributed by atoms with E-state index < -0.39 is 5.97 Å². The summed E-state index contributed by atoms with van der Waals surface area (Å²) >= 11 is 0. The van der Waals surface area contributed by atoms with Gasteiger partial charge in [0.15, 0.2) is 0 Å². The molecule has 19 heavy (non-hydrogen) atoms. The number of esters is 1. The van der Waals surface area contributed by atoms with E-state index in [2.05, 4.69) is 15.0 Å². The molecule has 0 spiro atoms. The van der Waals surface area contributed by atoms with Crippen LogP contribution in [0, 0.1) is 0 Å². The van der Waals surface area contributed by atoms with E-state index in [1.54, 1.807) is 17.0 Å². The molecule has 1 aromatic rings. The Labute approximate surface area is 112 Å². The van der Waals surface area contributed by atoms with Gasteiger partial charge in [-0.05, 0) is 26.0 Å². The standard InChI is InChI=1S/C13H19N3O3/c1-4-14-12(17)9-16(5-2)11-8-10(6-7-15-11)13(18)19-3/h6-8H,4-5,9H2,1-3H3,(H,14,17). The van der Waals surface area contributed by atoms with Crippen LogP contribution in [0.1, 0.15) is 24.2 Å². The molecule has 0 saturated carbocycles. The minimum Gasteiger partial charge on any atom is -0.465 e. The first-order chi connectivity index (χ1) is 9.12. The van der Waals surface area contributed by atoms with Crippen LogP contribution >= 0.6 is 0 Å². The highest BCUT2D eigenvalue weighted by Crippen LogP contribution is 2.13. The number of carbonyl (C=O) groups excluding carboxylic acids is 2. The number of methoxy groups -OCH3 is 1. The van der Waals surface area contributed by atoms with Gasteiger partial charge in [-0.25, -0.2) is 9.78 Å². The van der Waals surface area contributed by atoms with E-state index in [0.717, 1.165) is 0 Å². The quantitative estimate of drug-likeness (QED) is 0.771. The summed E-state index contributed by atoms with van der Waals surface area (Å²) in [6.45, 7) is 5.21. The van der Waals surface area contributed by atoms with Gasteiger partial charge < -0.3 is 15.0 Å². The Balaban J connectivity index is 2.86. The number of amides is 1. The van der Waals surface area contributed by atoms with Gasteiger partial charge in [-0.1, -0.05) is 0 Å². The van der Waals surface area contributed by atoms with Gasteiger partial charge in [-0.15, -0.1) is 0 Å². The third kappa shape index (κ3) is 4.24. The fourth-order valence-electron chi connectivity index (χ4n) is 1.62. The Morgan fingerprint density at radius 3 is 2.74 bits per heavy atom. The first-order valence-electron chi connectivity index (χ1n) is 6.18. The molecular formula is C13H19N3O3. The molecule has 0 aliphatic rings. The van der Waals surface area contributed by atoms with Crippen molar-refractivity contribution in [2.75, 3.05) is 31.6 Å². The van der Waals surface area contributed by atoms with Gasteiger partial charge in [0, 0.05) is 19.3 Å². The van der Waals surface area contributed by atoms with Crippen LogP contribution in [0.15, 0.2) is 18.3 Å². The lowest BCUT2D eigenvalue weighted by Crippen LogP contribution is -2.37. The van der Waals surface area contributed by atoms with Gasteiger partial charge in [0.1, 0.15) is 5.82 Å². The number of rotatable bonds is 6. The van der Waals surface area contributed by atoms with Gasteiger partial charge >= 0.3 is 5.97 Å². The number of nitrogens with zero attached hydrogens (tertiary/aromatic N) is 2. The molecule has 0 aliphatic heterocycles. The second-order valence-electron chi connectivity index (χ2n) is 3.86. The molecule has 0 atom stereocenters. The van der Waals surface area contributed by atoms with Crippen molar-refractivity contribution >= 4 is 17.7 Å². The second kappa shape index (κ2) is 7.35. The van der Waals surface area contributed by atoms with Crippen molar-refractivity contribution < 1.29 is 14.3 Å². The van der Waals surface area contributed by atoms with Crippen LogP contribution in [0.2, 0.25) is 0 Å². The number of likely N-dealkylation sites (N-methyl/N-ethyl adjacent to an activating group) is 2. The van der Waals surface area contributed by atoms with Crippen LogP contribution in [0.25, 0.3) is 0 Å². The number of aromatic nitrogens is 1. The van der Waals surface area contributed by atoms with E-state index >= 15 is 0 Å². The minimum absolute atomic E-state index is 0.0744. The number of hydrogen-bond donors (Lipinski definition) is 1. The van der Waals surface area contributed by atoms with Crippen LogP contribution in [0.5, 0.6) is 0 Å². The molecule has 1 rings (SSSR count). The summed E-state index contributed by atoms with van der Waals surface area (Å²) in [5, 5.41) is 2.73. The number of hydrogen-bond acceptors (Lipinski definition) is 5. The van der Waals surface area contributed by atoms with Crippen LogP contribution in [-0.2, 0) is 9.53 Å². The summed E-state index contributed by atoms with van der Waals surface area (Å²) < 4.78 is 4.66. The monoisotopic (exact) mass is 265 g/mol. The third-order valence-corrected chi connectivity index (χ3v) is 2.58. The van der Waals surface area contributed by atoms with Crippen LogP contribution in [0.4, 0.5) is 5.82 Å².